The minimum absolute atomic E-state index is 0.0366. The Balaban J connectivity index is 3.24. The number of nitrogens with two attached hydrogens (primary N) is 1. The van der Waals surface area contributed by atoms with Gasteiger partial charge in [-0.3, -0.25) is 0 Å². The number of alkyl halides is 3. The summed E-state index contributed by atoms with van der Waals surface area (Å²) in [5.74, 6) is -0.733. The molecule has 0 aliphatic heterocycles. The van der Waals surface area contributed by atoms with Crippen LogP contribution in [0.15, 0.2) is 6.07 Å². The first kappa shape index (κ1) is 13.4. The Kier molecular flexibility index (Phi) is 4.00. The molecule has 1 rings (SSSR count). The quantitative estimate of drug-likeness (QED) is 0.878. The zero-order valence-corrected chi connectivity index (χ0v) is 9.17. The average Bonchev–Trinajstić information content (AvgIpc) is 2.25. The minimum Gasteiger partial charge on any atom is -0.491 e. The number of pyridine rings is 1. The van der Waals surface area contributed by atoms with Gasteiger partial charge in [-0.1, -0.05) is 0 Å². The number of methoxy groups -OCH3 is 2. The largest absolute Gasteiger partial charge is 0.573 e. The van der Waals surface area contributed by atoms with Crippen LogP contribution in [0.4, 0.5) is 13.2 Å². The van der Waals surface area contributed by atoms with Gasteiger partial charge < -0.3 is 19.9 Å². The van der Waals surface area contributed by atoms with Crippen LogP contribution in [0.3, 0.4) is 0 Å². The first-order valence-electron chi connectivity index (χ1n) is 4.49. The summed E-state index contributed by atoms with van der Waals surface area (Å²) in [5, 5.41) is 0. The molecule has 0 bridgehead atoms. The summed E-state index contributed by atoms with van der Waals surface area (Å²) in [4.78, 5) is 3.85. The van der Waals surface area contributed by atoms with E-state index in [0.717, 1.165) is 6.07 Å². The van der Waals surface area contributed by atoms with Crippen LogP contribution in [0.1, 0.15) is 5.69 Å². The Bertz CT molecular complexity index is 396. The van der Waals surface area contributed by atoms with Crippen molar-refractivity contribution in [2.45, 2.75) is 12.9 Å². The summed E-state index contributed by atoms with van der Waals surface area (Å²) < 4.78 is 49.8. The van der Waals surface area contributed by atoms with Crippen molar-refractivity contribution in [1.82, 2.24) is 4.98 Å². The summed E-state index contributed by atoms with van der Waals surface area (Å²) in [5.41, 5.74) is 5.46. The zero-order valence-electron chi connectivity index (χ0n) is 9.17. The first-order chi connectivity index (χ1) is 7.91. The normalized spacial score (nSPS) is 11.2. The Morgan fingerprint density at radius 2 is 1.94 bits per heavy atom. The van der Waals surface area contributed by atoms with E-state index in [2.05, 4.69) is 9.72 Å². The van der Waals surface area contributed by atoms with Crippen LogP contribution in [-0.2, 0) is 6.54 Å². The van der Waals surface area contributed by atoms with Gasteiger partial charge in [0.05, 0.1) is 14.2 Å². The van der Waals surface area contributed by atoms with Crippen LogP contribution in [0, 0.1) is 0 Å². The van der Waals surface area contributed by atoms with Gasteiger partial charge in [-0.25, -0.2) is 4.98 Å². The molecular formula is C9H11F3N2O3. The molecule has 0 amide bonds. The van der Waals surface area contributed by atoms with E-state index in [4.69, 9.17) is 15.2 Å². The van der Waals surface area contributed by atoms with E-state index >= 15 is 0 Å². The smallest absolute Gasteiger partial charge is 0.491 e. The van der Waals surface area contributed by atoms with Gasteiger partial charge in [-0.05, 0) is 0 Å². The Labute approximate surface area is 95.3 Å². The molecule has 0 saturated heterocycles. The molecule has 1 aromatic heterocycles. The Hall–Kier alpha value is -1.70. The van der Waals surface area contributed by atoms with Crippen molar-refractivity contribution in [3.8, 4) is 17.4 Å². The number of nitrogens with zero attached hydrogens (tertiary/aromatic N) is 1. The molecule has 0 spiro atoms. The van der Waals surface area contributed by atoms with Crippen molar-refractivity contribution in [2.75, 3.05) is 14.2 Å². The van der Waals surface area contributed by atoms with E-state index in [1.165, 1.54) is 14.2 Å². The molecule has 17 heavy (non-hydrogen) atoms. The second-order valence-corrected chi connectivity index (χ2v) is 2.89. The van der Waals surface area contributed by atoms with Crippen LogP contribution in [0.2, 0.25) is 0 Å². The second-order valence-electron chi connectivity index (χ2n) is 2.89. The molecule has 0 fully saturated rings. The predicted molar refractivity (Wildman–Crippen MR) is 51.9 cm³/mol. The third-order valence-corrected chi connectivity index (χ3v) is 1.82. The fourth-order valence-corrected chi connectivity index (χ4v) is 1.20. The highest BCUT2D eigenvalue weighted by molar-refractivity contribution is 5.46. The van der Waals surface area contributed by atoms with Crippen LogP contribution < -0.4 is 19.9 Å². The van der Waals surface area contributed by atoms with E-state index in [0.29, 0.717) is 0 Å². The fourth-order valence-electron chi connectivity index (χ4n) is 1.20. The highest BCUT2D eigenvalue weighted by Crippen LogP contribution is 2.36. The lowest BCUT2D eigenvalue weighted by molar-refractivity contribution is -0.275. The highest BCUT2D eigenvalue weighted by atomic mass is 19.4. The van der Waals surface area contributed by atoms with E-state index < -0.39 is 12.1 Å². The topological polar surface area (TPSA) is 66.6 Å². The van der Waals surface area contributed by atoms with Crippen LogP contribution >= 0.6 is 0 Å². The Morgan fingerprint density at radius 3 is 2.35 bits per heavy atom. The minimum atomic E-state index is -4.83. The zero-order chi connectivity index (χ0) is 13.1. The van der Waals surface area contributed by atoms with Crippen molar-refractivity contribution < 1.29 is 27.4 Å². The predicted octanol–water partition coefficient (Wildman–Crippen LogP) is 1.46. The molecule has 0 aliphatic carbocycles. The van der Waals surface area contributed by atoms with Gasteiger partial charge >= 0.3 is 6.36 Å². The average molecular weight is 252 g/mol. The number of aromatic nitrogens is 1. The summed E-state index contributed by atoms with van der Waals surface area (Å²) in [6.07, 6.45) is -4.83. The number of ether oxygens (including phenoxy) is 3. The second kappa shape index (κ2) is 5.09. The third-order valence-electron chi connectivity index (χ3n) is 1.82. The van der Waals surface area contributed by atoms with E-state index in [-0.39, 0.29) is 23.9 Å². The highest BCUT2D eigenvalue weighted by Gasteiger charge is 2.33. The molecule has 2 N–H and O–H groups in total. The molecular weight excluding hydrogens is 241 g/mol. The maximum atomic E-state index is 12.2. The number of halogens is 3. The van der Waals surface area contributed by atoms with Crippen LogP contribution in [-0.4, -0.2) is 25.6 Å². The lowest BCUT2D eigenvalue weighted by Crippen LogP contribution is -2.18. The van der Waals surface area contributed by atoms with Gasteiger partial charge in [-0.2, -0.15) is 0 Å². The fraction of sp³-hybridized carbons (Fsp3) is 0.444. The summed E-state index contributed by atoms with van der Waals surface area (Å²) in [7, 11) is 2.47. The van der Waals surface area contributed by atoms with Gasteiger partial charge in [-0.15, -0.1) is 13.2 Å². The number of hydrogen-bond donors (Lipinski definition) is 1. The van der Waals surface area contributed by atoms with E-state index in [9.17, 15) is 13.2 Å². The molecule has 0 aromatic carbocycles. The van der Waals surface area contributed by atoms with Crippen LogP contribution in [0.25, 0.3) is 0 Å². The summed E-state index contributed by atoms with van der Waals surface area (Å²) in [6, 6.07) is 0.978. The van der Waals surface area contributed by atoms with Gasteiger partial charge in [0.2, 0.25) is 5.88 Å². The lowest BCUT2D eigenvalue weighted by Gasteiger charge is -2.15. The van der Waals surface area contributed by atoms with Gasteiger partial charge in [0, 0.05) is 12.6 Å². The molecule has 96 valence electrons. The summed E-state index contributed by atoms with van der Waals surface area (Å²) >= 11 is 0. The number of rotatable bonds is 4. The van der Waals surface area contributed by atoms with Gasteiger partial charge in [0.25, 0.3) is 0 Å². The van der Waals surface area contributed by atoms with Crippen molar-refractivity contribution in [3.05, 3.63) is 11.8 Å². The maximum absolute atomic E-state index is 12.2. The van der Waals surface area contributed by atoms with Crippen molar-refractivity contribution in [2.24, 2.45) is 5.73 Å². The van der Waals surface area contributed by atoms with Crippen molar-refractivity contribution in [1.29, 1.82) is 0 Å². The number of hydrogen-bond acceptors (Lipinski definition) is 5. The molecule has 0 unspecified atom stereocenters. The summed E-state index contributed by atoms with van der Waals surface area (Å²) in [6.45, 7) is -0.103. The molecule has 0 radical (unpaired) electrons. The van der Waals surface area contributed by atoms with Crippen molar-refractivity contribution in [3.63, 3.8) is 0 Å². The molecule has 0 aliphatic rings. The SMILES string of the molecule is COc1cc(OC(F)(F)F)c(OC)c(CN)n1. The van der Waals surface area contributed by atoms with Gasteiger partial charge in [0.15, 0.2) is 11.5 Å². The maximum Gasteiger partial charge on any atom is 0.573 e. The first-order valence-corrected chi connectivity index (χ1v) is 4.49. The van der Waals surface area contributed by atoms with Gasteiger partial charge in [0.1, 0.15) is 5.69 Å². The Morgan fingerprint density at radius 1 is 1.29 bits per heavy atom. The molecule has 8 heteroatoms. The molecule has 0 saturated carbocycles. The van der Waals surface area contributed by atoms with E-state index in [1.807, 2.05) is 0 Å². The lowest BCUT2D eigenvalue weighted by atomic mass is 10.3. The molecule has 1 heterocycles. The van der Waals surface area contributed by atoms with Crippen LogP contribution in [0.5, 0.6) is 17.4 Å². The van der Waals surface area contributed by atoms with Crippen molar-refractivity contribution >= 4 is 0 Å². The molecule has 5 nitrogen and oxygen atoms in total. The molecule has 1 aromatic rings. The standard InChI is InChI=1S/C9H11F3N2O3/c1-15-7-3-6(17-9(10,11)12)8(16-2)5(4-13)14-7/h3H,4,13H2,1-2H3. The van der Waals surface area contributed by atoms with E-state index in [1.54, 1.807) is 0 Å². The monoisotopic (exact) mass is 252 g/mol. The molecule has 0 atom stereocenters. The third kappa shape index (κ3) is 3.38.